The van der Waals surface area contributed by atoms with Gasteiger partial charge in [-0.05, 0) is 36.9 Å². The van der Waals surface area contributed by atoms with Gasteiger partial charge >= 0.3 is 0 Å². The zero-order valence-electron chi connectivity index (χ0n) is 8.40. The maximum atomic E-state index is 9.11. The Morgan fingerprint density at radius 1 is 1.53 bits per heavy atom. The molecule has 1 aliphatic rings. The van der Waals surface area contributed by atoms with Crippen molar-refractivity contribution in [2.45, 2.75) is 19.4 Å². The van der Waals surface area contributed by atoms with E-state index in [2.05, 4.69) is 15.1 Å². The van der Waals surface area contributed by atoms with Gasteiger partial charge in [0.15, 0.2) is 0 Å². The summed E-state index contributed by atoms with van der Waals surface area (Å²) in [6.07, 6.45) is 2.28. The van der Waals surface area contributed by atoms with Gasteiger partial charge in [-0.3, -0.25) is 4.90 Å². The molecule has 1 fully saturated rings. The van der Waals surface area contributed by atoms with Gasteiger partial charge in [0.1, 0.15) is 5.01 Å². The molecule has 0 aromatic carbocycles. The van der Waals surface area contributed by atoms with Crippen molar-refractivity contribution in [2.24, 2.45) is 5.92 Å². The van der Waals surface area contributed by atoms with Crippen LogP contribution < -0.4 is 0 Å². The van der Waals surface area contributed by atoms with Crippen LogP contribution in [0.5, 0.6) is 0 Å². The fraction of sp³-hybridized carbons (Fsp3) is 0.778. The number of halogens is 1. The van der Waals surface area contributed by atoms with Crippen LogP contribution in [0.1, 0.15) is 17.8 Å². The molecule has 6 heteroatoms. The number of hydrogen-bond donors (Lipinski definition) is 1. The maximum absolute atomic E-state index is 9.11. The molecular formula is C9H14ClN3OS. The quantitative estimate of drug-likeness (QED) is 0.877. The van der Waals surface area contributed by atoms with E-state index in [4.69, 9.17) is 16.7 Å². The van der Waals surface area contributed by atoms with E-state index in [1.54, 1.807) is 0 Å². The lowest BCUT2D eigenvalue weighted by Gasteiger charge is -2.30. The van der Waals surface area contributed by atoms with Gasteiger partial charge in [-0.15, -0.1) is 10.2 Å². The molecule has 1 unspecified atom stereocenters. The highest BCUT2D eigenvalue weighted by Gasteiger charge is 2.20. The molecule has 4 nitrogen and oxygen atoms in total. The highest BCUT2D eigenvalue weighted by molar-refractivity contribution is 7.15. The zero-order chi connectivity index (χ0) is 10.7. The number of piperidine rings is 1. The molecule has 0 aliphatic carbocycles. The van der Waals surface area contributed by atoms with Gasteiger partial charge in [0, 0.05) is 13.2 Å². The number of rotatable bonds is 3. The third-order valence-electron chi connectivity index (χ3n) is 2.66. The van der Waals surface area contributed by atoms with Crippen LogP contribution in [0.15, 0.2) is 0 Å². The normalized spacial score (nSPS) is 23.2. The lowest BCUT2D eigenvalue weighted by molar-refractivity contribution is 0.115. The molecule has 1 aromatic heterocycles. The number of aliphatic hydroxyl groups is 1. The van der Waals surface area contributed by atoms with Crippen LogP contribution >= 0.6 is 22.9 Å². The molecule has 0 spiro atoms. The van der Waals surface area contributed by atoms with Crippen molar-refractivity contribution < 1.29 is 5.11 Å². The Morgan fingerprint density at radius 2 is 2.40 bits per heavy atom. The Bertz CT molecular complexity index is 320. The molecule has 1 atom stereocenters. The minimum Gasteiger partial charge on any atom is -0.396 e. The number of likely N-dealkylation sites (tertiary alicyclic amines) is 1. The van der Waals surface area contributed by atoms with Gasteiger partial charge in [-0.25, -0.2) is 0 Å². The van der Waals surface area contributed by atoms with E-state index in [-0.39, 0.29) is 6.61 Å². The summed E-state index contributed by atoms with van der Waals surface area (Å²) in [5, 5.41) is 17.8. The smallest absolute Gasteiger partial charge is 0.207 e. The van der Waals surface area contributed by atoms with Crippen LogP contribution in [0.3, 0.4) is 0 Å². The van der Waals surface area contributed by atoms with E-state index in [0.29, 0.717) is 10.4 Å². The summed E-state index contributed by atoms with van der Waals surface area (Å²) in [7, 11) is 0. The Labute approximate surface area is 97.9 Å². The van der Waals surface area contributed by atoms with Crippen molar-refractivity contribution in [1.29, 1.82) is 0 Å². The Hall–Kier alpha value is -0.230. The topological polar surface area (TPSA) is 49.2 Å². The SMILES string of the molecule is OCC1CCCN(Cc2nnc(Cl)s2)C1. The van der Waals surface area contributed by atoms with Crippen molar-refractivity contribution in [2.75, 3.05) is 19.7 Å². The van der Waals surface area contributed by atoms with Crippen molar-refractivity contribution in [3.8, 4) is 0 Å². The lowest BCUT2D eigenvalue weighted by atomic mass is 9.99. The Morgan fingerprint density at radius 3 is 3.07 bits per heavy atom. The van der Waals surface area contributed by atoms with Crippen molar-refractivity contribution in [1.82, 2.24) is 15.1 Å². The van der Waals surface area contributed by atoms with Gasteiger partial charge in [0.25, 0.3) is 0 Å². The van der Waals surface area contributed by atoms with E-state index in [1.165, 1.54) is 11.3 Å². The first kappa shape index (κ1) is 11.3. The van der Waals surface area contributed by atoms with Gasteiger partial charge in [0.2, 0.25) is 4.47 Å². The summed E-state index contributed by atoms with van der Waals surface area (Å²) in [5.41, 5.74) is 0. The predicted octanol–water partition coefficient (Wildman–Crippen LogP) is 1.40. The molecule has 2 heterocycles. The molecule has 1 aliphatic heterocycles. The molecular weight excluding hydrogens is 234 g/mol. The van der Waals surface area contributed by atoms with Gasteiger partial charge in [-0.2, -0.15) is 0 Å². The molecule has 15 heavy (non-hydrogen) atoms. The molecule has 84 valence electrons. The Balaban J connectivity index is 1.88. The molecule has 0 saturated carbocycles. The summed E-state index contributed by atoms with van der Waals surface area (Å²) in [6, 6.07) is 0. The average molecular weight is 248 g/mol. The molecule has 0 bridgehead atoms. The third-order valence-corrected chi connectivity index (χ3v) is 3.67. The van der Waals surface area contributed by atoms with E-state index in [9.17, 15) is 0 Å². The third kappa shape index (κ3) is 3.11. The lowest BCUT2D eigenvalue weighted by Crippen LogP contribution is -2.36. The first-order valence-corrected chi connectivity index (χ1v) is 6.28. The van der Waals surface area contributed by atoms with E-state index in [1.807, 2.05) is 0 Å². The molecule has 1 saturated heterocycles. The number of aliphatic hydroxyl groups excluding tert-OH is 1. The van der Waals surface area contributed by atoms with Crippen molar-refractivity contribution in [3.63, 3.8) is 0 Å². The standard InChI is InChI=1S/C9H14ClN3OS/c10-9-12-11-8(15-9)5-13-3-1-2-7(4-13)6-14/h7,14H,1-6H2. The molecule has 0 radical (unpaired) electrons. The molecule has 1 aromatic rings. The monoisotopic (exact) mass is 247 g/mol. The second kappa shape index (κ2) is 5.21. The summed E-state index contributed by atoms with van der Waals surface area (Å²) >= 11 is 7.15. The first-order valence-electron chi connectivity index (χ1n) is 5.09. The highest BCUT2D eigenvalue weighted by atomic mass is 35.5. The van der Waals surface area contributed by atoms with Crippen molar-refractivity contribution in [3.05, 3.63) is 9.47 Å². The predicted molar refractivity (Wildman–Crippen MR) is 60.0 cm³/mol. The van der Waals surface area contributed by atoms with Crippen LogP contribution in [-0.4, -0.2) is 39.9 Å². The molecule has 0 amide bonds. The zero-order valence-corrected chi connectivity index (χ0v) is 9.97. The maximum Gasteiger partial charge on any atom is 0.207 e. The summed E-state index contributed by atoms with van der Waals surface area (Å²) in [5.74, 6) is 0.419. The molecule has 1 N–H and O–H groups in total. The minimum atomic E-state index is 0.285. The van der Waals surface area contributed by atoms with Crippen LogP contribution in [0.4, 0.5) is 0 Å². The minimum absolute atomic E-state index is 0.285. The summed E-state index contributed by atoms with van der Waals surface area (Å²) < 4.78 is 0.501. The highest BCUT2D eigenvalue weighted by Crippen LogP contribution is 2.21. The van der Waals surface area contributed by atoms with E-state index < -0.39 is 0 Å². The summed E-state index contributed by atoms with van der Waals surface area (Å²) in [6.45, 7) is 3.12. The largest absolute Gasteiger partial charge is 0.396 e. The Kier molecular flexibility index (Phi) is 3.91. The van der Waals surface area contributed by atoms with Gasteiger partial charge in [-0.1, -0.05) is 11.3 Å². The second-order valence-electron chi connectivity index (χ2n) is 3.87. The number of aromatic nitrogens is 2. The van der Waals surface area contributed by atoms with Crippen molar-refractivity contribution >= 4 is 22.9 Å². The fourth-order valence-electron chi connectivity index (χ4n) is 1.93. The number of nitrogens with zero attached hydrogens (tertiary/aromatic N) is 3. The fourth-order valence-corrected chi connectivity index (χ4v) is 2.84. The summed E-state index contributed by atoms with van der Waals surface area (Å²) in [4.78, 5) is 2.31. The van der Waals surface area contributed by atoms with Gasteiger partial charge < -0.3 is 5.11 Å². The van der Waals surface area contributed by atoms with Gasteiger partial charge in [0.05, 0.1) is 6.54 Å². The van der Waals surface area contributed by atoms with Crippen LogP contribution in [-0.2, 0) is 6.54 Å². The first-order chi connectivity index (χ1) is 7.28. The van der Waals surface area contributed by atoms with Crippen LogP contribution in [0.2, 0.25) is 4.47 Å². The number of hydrogen-bond acceptors (Lipinski definition) is 5. The second-order valence-corrected chi connectivity index (χ2v) is 5.52. The van der Waals surface area contributed by atoms with Crippen LogP contribution in [0.25, 0.3) is 0 Å². The van der Waals surface area contributed by atoms with E-state index >= 15 is 0 Å². The molecule has 2 rings (SSSR count). The average Bonchev–Trinajstić information content (AvgIpc) is 2.64. The van der Waals surface area contributed by atoms with E-state index in [0.717, 1.165) is 37.5 Å². The van der Waals surface area contributed by atoms with Crippen LogP contribution in [0, 0.1) is 5.92 Å².